The summed E-state index contributed by atoms with van der Waals surface area (Å²) in [6, 6.07) is 16.2. The Morgan fingerprint density at radius 2 is 1.87 bits per heavy atom. The molecular formula is C27H20Cl2FN5O3. The SMILES string of the molecule is N#CCn1c(N2CC[C@](O)(c3ccccc3)C2)c(-c2ccc(F)c(Cl)c2)c(=O)n(-c2cncc(Cl)c2)c1=O. The van der Waals surface area contributed by atoms with E-state index in [4.69, 9.17) is 23.2 Å². The summed E-state index contributed by atoms with van der Waals surface area (Å²) in [6.45, 7) is -0.0724. The molecule has 1 atom stereocenters. The Balaban J connectivity index is 1.80. The molecule has 1 saturated heterocycles. The minimum Gasteiger partial charge on any atom is -0.383 e. The van der Waals surface area contributed by atoms with Crippen LogP contribution in [0.1, 0.15) is 12.0 Å². The van der Waals surface area contributed by atoms with Crippen LogP contribution in [0.3, 0.4) is 0 Å². The summed E-state index contributed by atoms with van der Waals surface area (Å²) in [4.78, 5) is 33.4. The molecule has 38 heavy (non-hydrogen) atoms. The average molecular weight is 552 g/mol. The Labute approximate surface area is 226 Å². The highest BCUT2D eigenvalue weighted by Crippen LogP contribution is 2.38. The van der Waals surface area contributed by atoms with Crippen molar-refractivity contribution in [3.63, 3.8) is 0 Å². The number of pyridine rings is 1. The van der Waals surface area contributed by atoms with Crippen LogP contribution in [-0.4, -0.2) is 32.3 Å². The maximum Gasteiger partial charge on any atom is 0.338 e. The zero-order chi connectivity index (χ0) is 27.0. The third kappa shape index (κ3) is 4.47. The lowest BCUT2D eigenvalue weighted by Crippen LogP contribution is -2.44. The normalized spacial score (nSPS) is 17.0. The minimum atomic E-state index is -1.27. The van der Waals surface area contributed by atoms with Gasteiger partial charge in [0.15, 0.2) is 0 Å². The van der Waals surface area contributed by atoms with E-state index in [1.807, 2.05) is 24.3 Å². The number of aromatic nitrogens is 3. The van der Waals surface area contributed by atoms with Crippen molar-refractivity contribution < 1.29 is 9.50 Å². The molecule has 0 amide bonds. The van der Waals surface area contributed by atoms with Gasteiger partial charge in [0.2, 0.25) is 0 Å². The third-order valence-corrected chi connectivity index (χ3v) is 7.06. The van der Waals surface area contributed by atoms with E-state index < -0.39 is 29.2 Å². The van der Waals surface area contributed by atoms with Crippen molar-refractivity contribution >= 4 is 29.0 Å². The first-order valence-electron chi connectivity index (χ1n) is 11.6. The molecule has 1 fully saturated rings. The van der Waals surface area contributed by atoms with Gasteiger partial charge in [0.05, 0.1) is 40.1 Å². The summed E-state index contributed by atoms with van der Waals surface area (Å²) in [6.07, 6.45) is 2.97. The number of β-amino-alcohol motifs (C(OH)–C–C–N with tert-alkyl or cyclic N) is 1. The van der Waals surface area contributed by atoms with Crippen LogP contribution in [-0.2, 0) is 12.1 Å². The van der Waals surface area contributed by atoms with E-state index in [1.54, 1.807) is 17.0 Å². The fourth-order valence-corrected chi connectivity index (χ4v) is 5.14. The van der Waals surface area contributed by atoms with Crippen LogP contribution >= 0.6 is 23.2 Å². The first kappa shape index (κ1) is 25.7. The lowest BCUT2D eigenvalue weighted by atomic mass is 9.93. The van der Waals surface area contributed by atoms with Crippen molar-refractivity contribution in [3.05, 3.63) is 109 Å². The van der Waals surface area contributed by atoms with Crippen LogP contribution in [0.4, 0.5) is 10.2 Å². The van der Waals surface area contributed by atoms with Gasteiger partial charge in [0.1, 0.15) is 23.8 Å². The molecule has 2 aromatic carbocycles. The molecule has 5 rings (SSSR count). The molecule has 0 aliphatic carbocycles. The summed E-state index contributed by atoms with van der Waals surface area (Å²) >= 11 is 12.2. The second-order valence-corrected chi connectivity index (χ2v) is 9.77. The second kappa shape index (κ2) is 10.1. The number of anilines is 1. The third-order valence-electron chi connectivity index (χ3n) is 6.56. The monoisotopic (exact) mass is 551 g/mol. The van der Waals surface area contributed by atoms with E-state index in [-0.39, 0.29) is 45.8 Å². The van der Waals surface area contributed by atoms with Crippen LogP contribution in [0.25, 0.3) is 16.8 Å². The maximum absolute atomic E-state index is 14.1. The van der Waals surface area contributed by atoms with E-state index in [0.29, 0.717) is 12.0 Å². The number of nitrogens with zero attached hydrogens (tertiary/aromatic N) is 5. The second-order valence-electron chi connectivity index (χ2n) is 8.93. The fraction of sp³-hybridized carbons (Fsp3) is 0.185. The summed E-state index contributed by atoms with van der Waals surface area (Å²) in [5, 5.41) is 21.1. The summed E-state index contributed by atoms with van der Waals surface area (Å²) in [5.41, 5.74) is -1.76. The van der Waals surface area contributed by atoms with Crippen LogP contribution in [0.5, 0.6) is 0 Å². The number of aliphatic hydroxyl groups is 1. The average Bonchev–Trinajstić information content (AvgIpc) is 3.31. The predicted molar refractivity (Wildman–Crippen MR) is 142 cm³/mol. The quantitative estimate of drug-likeness (QED) is 0.400. The van der Waals surface area contributed by atoms with Crippen molar-refractivity contribution in [2.24, 2.45) is 0 Å². The van der Waals surface area contributed by atoms with E-state index in [9.17, 15) is 24.3 Å². The van der Waals surface area contributed by atoms with E-state index in [1.165, 1.54) is 30.6 Å². The van der Waals surface area contributed by atoms with Gasteiger partial charge in [0.25, 0.3) is 5.56 Å². The molecule has 0 saturated carbocycles. The highest BCUT2D eigenvalue weighted by molar-refractivity contribution is 6.31. The van der Waals surface area contributed by atoms with Crippen LogP contribution < -0.4 is 16.1 Å². The Hall–Kier alpha value is -3.97. The van der Waals surface area contributed by atoms with Gasteiger partial charge in [-0.1, -0.05) is 59.6 Å². The summed E-state index contributed by atoms with van der Waals surface area (Å²) in [7, 11) is 0. The zero-order valence-electron chi connectivity index (χ0n) is 19.8. The van der Waals surface area contributed by atoms with Crippen molar-refractivity contribution in [1.82, 2.24) is 14.1 Å². The standard InChI is InChI=1S/C27H20Cl2FN5O3/c28-19-13-20(15-32-14-19)35-25(36)23(17-6-7-22(30)21(29)12-17)24(34(11-9-31)26(35)37)33-10-8-27(38,16-33)18-4-2-1-3-5-18/h1-7,12-15,38H,8,10-11,16H2/t27-/m1/s1. The maximum atomic E-state index is 14.1. The molecule has 11 heteroatoms. The van der Waals surface area contributed by atoms with Gasteiger partial charge in [-0.3, -0.25) is 14.3 Å². The molecule has 0 unspecified atom stereocenters. The van der Waals surface area contributed by atoms with Gasteiger partial charge < -0.3 is 10.0 Å². The summed E-state index contributed by atoms with van der Waals surface area (Å²) in [5.74, 6) is -0.552. The van der Waals surface area contributed by atoms with Gasteiger partial charge in [-0.15, -0.1) is 0 Å². The minimum absolute atomic E-state index is 0.0130. The molecule has 2 aromatic heterocycles. The summed E-state index contributed by atoms with van der Waals surface area (Å²) < 4.78 is 16.1. The highest BCUT2D eigenvalue weighted by Gasteiger charge is 2.40. The molecule has 1 aliphatic heterocycles. The lowest BCUT2D eigenvalue weighted by Gasteiger charge is -2.28. The molecule has 192 valence electrons. The first-order valence-corrected chi connectivity index (χ1v) is 12.3. The predicted octanol–water partition coefficient (Wildman–Crippen LogP) is 4.13. The van der Waals surface area contributed by atoms with Crippen LogP contribution in [0.2, 0.25) is 10.0 Å². The number of nitriles is 1. The Morgan fingerprint density at radius 3 is 2.55 bits per heavy atom. The molecule has 3 heterocycles. The molecule has 0 radical (unpaired) electrons. The van der Waals surface area contributed by atoms with Crippen molar-refractivity contribution in [1.29, 1.82) is 5.26 Å². The molecular weight excluding hydrogens is 532 g/mol. The van der Waals surface area contributed by atoms with Crippen molar-refractivity contribution in [2.75, 3.05) is 18.0 Å². The first-order chi connectivity index (χ1) is 18.2. The Kier molecular flexibility index (Phi) is 6.80. The van der Waals surface area contributed by atoms with Gasteiger partial charge in [0, 0.05) is 12.7 Å². The van der Waals surface area contributed by atoms with E-state index >= 15 is 0 Å². The number of rotatable bonds is 5. The van der Waals surface area contributed by atoms with Crippen LogP contribution in [0, 0.1) is 17.1 Å². The molecule has 4 aromatic rings. The van der Waals surface area contributed by atoms with Crippen molar-refractivity contribution in [2.45, 2.75) is 18.6 Å². The zero-order valence-corrected chi connectivity index (χ0v) is 21.3. The highest BCUT2D eigenvalue weighted by atomic mass is 35.5. The molecule has 1 N–H and O–H groups in total. The Morgan fingerprint density at radius 1 is 1.11 bits per heavy atom. The molecule has 0 spiro atoms. The van der Waals surface area contributed by atoms with E-state index in [2.05, 4.69) is 4.98 Å². The van der Waals surface area contributed by atoms with Crippen molar-refractivity contribution in [3.8, 4) is 22.9 Å². The molecule has 8 nitrogen and oxygen atoms in total. The number of hydrogen-bond acceptors (Lipinski definition) is 6. The lowest BCUT2D eigenvalue weighted by molar-refractivity contribution is 0.0606. The van der Waals surface area contributed by atoms with Crippen LogP contribution in [0.15, 0.2) is 76.6 Å². The fourth-order valence-electron chi connectivity index (χ4n) is 4.80. The molecule has 1 aliphatic rings. The number of hydrogen-bond donors (Lipinski definition) is 1. The molecule has 0 bridgehead atoms. The number of benzene rings is 2. The Bertz CT molecular complexity index is 1700. The van der Waals surface area contributed by atoms with Gasteiger partial charge >= 0.3 is 5.69 Å². The largest absolute Gasteiger partial charge is 0.383 e. The van der Waals surface area contributed by atoms with Gasteiger partial charge in [-0.05, 0) is 35.7 Å². The smallest absolute Gasteiger partial charge is 0.338 e. The van der Waals surface area contributed by atoms with E-state index in [0.717, 1.165) is 15.2 Å². The topological polar surface area (TPSA) is 104 Å². The van der Waals surface area contributed by atoms with Gasteiger partial charge in [-0.25, -0.2) is 13.8 Å². The number of halogens is 3. The van der Waals surface area contributed by atoms with Gasteiger partial charge in [-0.2, -0.15) is 5.26 Å².